The molecule has 3 fully saturated rings. The molecule has 3 aromatic heterocycles. The van der Waals surface area contributed by atoms with Gasteiger partial charge in [0.05, 0.1) is 30.5 Å². The third kappa shape index (κ3) is 5.18. The van der Waals surface area contributed by atoms with Gasteiger partial charge in [-0.15, -0.1) is 6.58 Å². The molecule has 2 bridgehead atoms. The first kappa shape index (κ1) is 28.0. The van der Waals surface area contributed by atoms with Crippen molar-refractivity contribution >= 4 is 23.5 Å². The van der Waals surface area contributed by atoms with E-state index >= 15 is 0 Å². The second-order valence-corrected chi connectivity index (χ2v) is 11.5. The molecular formula is C31H32FN9O3. The van der Waals surface area contributed by atoms with Gasteiger partial charge in [-0.25, -0.2) is 14.4 Å². The summed E-state index contributed by atoms with van der Waals surface area (Å²) in [5.41, 5.74) is 2.24. The molecule has 0 radical (unpaired) electrons. The summed E-state index contributed by atoms with van der Waals surface area (Å²) in [4.78, 5) is 35.4. The first-order valence-corrected chi connectivity index (χ1v) is 14.7. The Hall–Kier alpha value is -4.75. The number of aliphatic hydroxyl groups excluding tert-OH is 1. The van der Waals surface area contributed by atoms with Crippen LogP contribution in [-0.2, 0) is 12.0 Å². The van der Waals surface area contributed by atoms with Crippen LogP contribution >= 0.6 is 0 Å². The van der Waals surface area contributed by atoms with Gasteiger partial charge in [0.2, 0.25) is 5.95 Å². The molecular weight excluding hydrogens is 565 g/mol. The van der Waals surface area contributed by atoms with Crippen LogP contribution in [0.3, 0.4) is 0 Å². The summed E-state index contributed by atoms with van der Waals surface area (Å²) < 4.78 is 19.4. The van der Waals surface area contributed by atoms with Crippen LogP contribution in [-0.4, -0.2) is 78.7 Å². The SMILES string of the molecule is C=CCN1Cc2nc(Nc3ncc(-c4nc(C56CCN(CC5)CC6)no4)c(N[C@H](CO)c4ccc(F)cc4)n3)ccc2C1=O. The van der Waals surface area contributed by atoms with Gasteiger partial charge in [-0.1, -0.05) is 23.4 Å². The molecule has 13 heteroatoms. The number of rotatable bonds is 10. The smallest absolute Gasteiger partial charge is 0.263 e. The molecule has 4 aromatic rings. The zero-order valence-corrected chi connectivity index (χ0v) is 24.0. The third-order valence-corrected chi connectivity index (χ3v) is 8.83. The number of carbonyl (C=O) groups is 1. The molecule has 0 unspecified atom stereocenters. The average Bonchev–Trinajstić information content (AvgIpc) is 3.67. The maximum atomic E-state index is 13.6. The number of aliphatic hydroxyl groups is 1. The molecule has 1 amide bonds. The summed E-state index contributed by atoms with van der Waals surface area (Å²) in [6.45, 7) is 7.32. The molecule has 12 nitrogen and oxygen atoms in total. The lowest BCUT2D eigenvalue weighted by Crippen LogP contribution is -2.51. The highest BCUT2D eigenvalue weighted by atomic mass is 19.1. The normalized spacial score (nSPS) is 21.3. The number of anilines is 3. The number of carbonyl (C=O) groups excluding carboxylic acids is 1. The number of amides is 1. The van der Waals surface area contributed by atoms with Crippen LogP contribution < -0.4 is 10.6 Å². The minimum absolute atomic E-state index is 0.0841. The lowest BCUT2D eigenvalue weighted by Gasteiger charge is -2.46. The highest BCUT2D eigenvalue weighted by Gasteiger charge is 2.44. The molecule has 0 spiro atoms. The van der Waals surface area contributed by atoms with Gasteiger partial charge in [-0.2, -0.15) is 9.97 Å². The molecule has 1 atom stereocenters. The number of piperidine rings is 3. The monoisotopic (exact) mass is 597 g/mol. The molecule has 1 aromatic carbocycles. The van der Waals surface area contributed by atoms with Crippen molar-refractivity contribution in [2.45, 2.75) is 37.3 Å². The largest absolute Gasteiger partial charge is 0.394 e. The number of benzene rings is 1. The van der Waals surface area contributed by atoms with Gasteiger partial charge >= 0.3 is 0 Å². The van der Waals surface area contributed by atoms with E-state index in [1.165, 1.54) is 12.1 Å². The van der Waals surface area contributed by atoms with E-state index in [4.69, 9.17) is 14.5 Å². The van der Waals surface area contributed by atoms with Crippen molar-refractivity contribution in [2.75, 3.05) is 43.4 Å². The molecule has 0 aliphatic carbocycles. The lowest BCUT2D eigenvalue weighted by atomic mass is 9.71. The van der Waals surface area contributed by atoms with Gasteiger partial charge in [0, 0.05) is 18.2 Å². The van der Waals surface area contributed by atoms with Crippen LogP contribution in [0.15, 0.2) is 59.8 Å². The second kappa shape index (κ2) is 11.4. The van der Waals surface area contributed by atoms with E-state index in [9.17, 15) is 14.3 Å². The van der Waals surface area contributed by atoms with E-state index < -0.39 is 6.04 Å². The first-order chi connectivity index (χ1) is 21.4. The Kier molecular flexibility index (Phi) is 7.26. The molecule has 4 aliphatic heterocycles. The van der Waals surface area contributed by atoms with E-state index in [-0.39, 0.29) is 35.6 Å². The Balaban J connectivity index is 1.21. The third-order valence-electron chi connectivity index (χ3n) is 8.83. The fraction of sp³-hybridized carbons (Fsp3) is 0.355. The van der Waals surface area contributed by atoms with E-state index in [2.05, 4.69) is 37.2 Å². The Labute approximate surface area is 253 Å². The average molecular weight is 598 g/mol. The van der Waals surface area contributed by atoms with Gasteiger partial charge in [0.15, 0.2) is 5.82 Å². The fourth-order valence-corrected chi connectivity index (χ4v) is 6.24. The van der Waals surface area contributed by atoms with Crippen molar-refractivity contribution in [2.24, 2.45) is 0 Å². The number of fused-ring (bicyclic) bond motifs is 4. The first-order valence-electron chi connectivity index (χ1n) is 14.7. The molecule has 226 valence electrons. The van der Waals surface area contributed by atoms with E-state index in [1.807, 2.05) is 0 Å². The summed E-state index contributed by atoms with van der Waals surface area (Å²) in [5, 5.41) is 21.1. The molecule has 7 heterocycles. The zero-order chi connectivity index (χ0) is 30.3. The molecule has 0 saturated carbocycles. The van der Waals surface area contributed by atoms with Crippen LogP contribution in [0.2, 0.25) is 0 Å². The Morgan fingerprint density at radius 2 is 1.84 bits per heavy atom. The summed E-state index contributed by atoms with van der Waals surface area (Å²) in [5.74, 6) is 1.54. The maximum absolute atomic E-state index is 13.6. The molecule has 3 N–H and O–H groups in total. The number of aromatic nitrogens is 5. The number of pyridine rings is 1. The number of nitrogens with one attached hydrogen (secondary N) is 2. The Morgan fingerprint density at radius 3 is 2.57 bits per heavy atom. The van der Waals surface area contributed by atoms with Crippen molar-refractivity contribution in [1.29, 1.82) is 0 Å². The van der Waals surface area contributed by atoms with E-state index in [0.29, 0.717) is 52.9 Å². The van der Waals surface area contributed by atoms with Crippen molar-refractivity contribution in [3.8, 4) is 11.5 Å². The van der Waals surface area contributed by atoms with Crippen molar-refractivity contribution < 1.29 is 18.8 Å². The van der Waals surface area contributed by atoms with Crippen molar-refractivity contribution in [3.05, 3.63) is 83.7 Å². The van der Waals surface area contributed by atoms with Gasteiger partial charge < -0.3 is 30.1 Å². The minimum atomic E-state index is -0.610. The van der Waals surface area contributed by atoms with Gasteiger partial charge in [-0.3, -0.25) is 4.79 Å². The van der Waals surface area contributed by atoms with Crippen LogP contribution in [0.4, 0.5) is 22.0 Å². The molecule has 44 heavy (non-hydrogen) atoms. The maximum Gasteiger partial charge on any atom is 0.263 e. The Morgan fingerprint density at radius 1 is 1.07 bits per heavy atom. The standard InChI is InChI=1S/C31H32FN9O3/c1-2-12-41-17-23-21(28(41)43)7-8-25(34-23)36-30-33-16-22(26(37-30)35-24(18-42)19-3-5-20(32)6-4-19)27-38-29(39-44-27)31-9-13-40(14-10-31)15-11-31/h2-8,16,24,42H,1,9-15,17-18H2,(H2,33,34,35,36,37)/t24-/m1/s1. The highest BCUT2D eigenvalue weighted by molar-refractivity contribution is 5.98. The number of hydrogen-bond donors (Lipinski definition) is 3. The topological polar surface area (TPSA) is 145 Å². The second-order valence-electron chi connectivity index (χ2n) is 11.5. The van der Waals surface area contributed by atoms with Crippen LogP contribution in [0.5, 0.6) is 0 Å². The zero-order valence-electron chi connectivity index (χ0n) is 24.0. The van der Waals surface area contributed by atoms with Crippen molar-refractivity contribution in [1.82, 2.24) is 34.9 Å². The van der Waals surface area contributed by atoms with Gasteiger partial charge in [0.1, 0.15) is 23.0 Å². The fourth-order valence-electron chi connectivity index (χ4n) is 6.24. The van der Waals surface area contributed by atoms with Gasteiger partial charge in [-0.05, 0) is 68.7 Å². The van der Waals surface area contributed by atoms with Crippen molar-refractivity contribution in [3.63, 3.8) is 0 Å². The van der Waals surface area contributed by atoms with Crippen LogP contribution in [0.1, 0.15) is 52.7 Å². The number of hydrogen-bond acceptors (Lipinski definition) is 11. The molecule has 8 rings (SSSR count). The highest BCUT2D eigenvalue weighted by Crippen LogP contribution is 2.42. The Bertz CT molecular complexity index is 1690. The summed E-state index contributed by atoms with van der Waals surface area (Å²) in [6.07, 6.45) is 6.22. The summed E-state index contributed by atoms with van der Waals surface area (Å²) in [7, 11) is 0. The molecule has 3 saturated heterocycles. The molecule has 4 aliphatic rings. The van der Waals surface area contributed by atoms with Crippen LogP contribution in [0, 0.1) is 5.82 Å². The quantitative estimate of drug-likeness (QED) is 0.229. The van der Waals surface area contributed by atoms with E-state index in [1.54, 1.807) is 41.4 Å². The van der Waals surface area contributed by atoms with Gasteiger partial charge in [0.25, 0.3) is 11.8 Å². The minimum Gasteiger partial charge on any atom is -0.394 e. The summed E-state index contributed by atoms with van der Waals surface area (Å²) in [6, 6.07) is 8.71. The summed E-state index contributed by atoms with van der Waals surface area (Å²) >= 11 is 0. The number of halogens is 1. The van der Waals surface area contributed by atoms with E-state index in [0.717, 1.165) is 38.9 Å². The predicted octanol–water partition coefficient (Wildman–Crippen LogP) is 3.83. The van der Waals surface area contributed by atoms with Crippen LogP contribution in [0.25, 0.3) is 11.5 Å². The lowest BCUT2D eigenvalue weighted by molar-refractivity contribution is 0.0747. The predicted molar refractivity (Wildman–Crippen MR) is 160 cm³/mol. The number of nitrogens with zero attached hydrogens (tertiary/aromatic N) is 7.